The summed E-state index contributed by atoms with van der Waals surface area (Å²) >= 11 is 0. The highest BCUT2D eigenvalue weighted by molar-refractivity contribution is 5.99. The molecule has 0 unspecified atom stereocenters. The van der Waals surface area contributed by atoms with E-state index < -0.39 is 11.5 Å². The Labute approximate surface area is 161 Å². The molecule has 2 heterocycles. The first kappa shape index (κ1) is 18.0. The highest BCUT2D eigenvalue weighted by atomic mass is 16.2. The summed E-state index contributed by atoms with van der Waals surface area (Å²) in [6, 6.07) is 7.21. The van der Waals surface area contributed by atoms with Crippen LogP contribution in [0.15, 0.2) is 35.3 Å². The maximum Gasteiger partial charge on any atom is 0.263 e. The van der Waals surface area contributed by atoms with Gasteiger partial charge in [-0.3, -0.25) is 14.4 Å². The van der Waals surface area contributed by atoms with Crippen LogP contribution in [-0.4, -0.2) is 39.4 Å². The van der Waals surface area contributed by atoms with Crippen LogP contribution in [0, 0.1) is 6.92 Å². The van der Waals surface area contributed by atoms with Crippen LogP contribution in [0.25, 0.3) is 11.0 Å². The van der Waals surface area contributed by atoms with E-state index in [2.05, 4.69) is 20.6 Å². The number of rotatable bonds is 5. The minimum Gasteiger partial charge on any atom is -0.355 e. The molecule has 0 bridgehead atoms. The lowest BCUT2D eigenvalue weighted by molar-refractivity contribution is 0.0950. The average Bonchev–Trinajstić information content (AvgIpc) is 3.40. The predicted octanol–water partition coefficient (Wildman–Crippen LogP) is 1.33. The van der Waals surface area contributed by atoms with E-state index in [1.807, 2.05) is 25.1 Å². The normalized spacial score (nSPS) is 13.5. The van der Waals surface area contributed by atoms with Crippen molar-refractivity contribution in [1.82, 2.24) is 25.2 Å². The summed E-state index contributed by atoms with van der Waals surface area (Å²) in [6.45, 7) is 2.07. The minimum absolute atomic E-state index is 0.0590. The number of imidazole rings is 1. The van der Waals surface area contributed by atoms with Gasteiger partial charge in [0.1, 0.15) is 11.4 Å². The molecule has 0 atom stereocenters. The molecule has 3 aromatic rings. The maximum absolute atomic E-state index is 12.9. The number of carbonyl (C=O) groups is 2. The number of aromatic amines is 1. The van der Waals surface area contributed by atoms with Crippen LogP contribution in [0.2, 0.25) is 0 Å². The summed E-state index contributed by atoms with van der Waals surface area (Å²) in [7, 11) is 1.45. The second kappa shape index (κ2) is 6.95. The topological polar surface area (TPSA) is 109 Å². The smallest absolute Gasteiger partial charge is 0.263 e. The van der Waals surface area contributed by atoms with Gasteiger partial charge in [0.25, 0.3) is 17.4 Å². The van der Waals surface area contributed by atoms with Crippen molar-refractivity contribution in [2.75, 3.05) is 7.05 Å². The van der Waals surface area contributed by atoms with Crippen LogP contribution in [0.5, 0.6) is 0 Å². The molecule has 0 saturated heterocycles. The lowest BCUT2D eigenvalue weighted by Crippen LogP contribution is -2.34. The third-order valence-electron chi connectivity index (χ3n) is 4.79. The largest absolute Gasteiger partial charge is 0.355 e. The Morgan fingerprint density at radius 2 is 2.07 bits per heavy atom. The number of pyridine rings is 1. The van der Waals surface area contributed by atoms with Gasteiger partial charge in [0.2, 0.25) is 0 Å². The number of aryl methyl sites for hydroxylation is 1. The van der Waals surface area contributed by atoms with Gasteiger partial charge in [-0.2, -0.15) is 0 Å². The molecule has 8 heteroatoms. The number of aromatic nitrogens is 3. The van der Waals surface area contributed by atoms with Crippen molar-refractivity contribution in [2.24, 2.45) is 0 Å². The van der Waals surface area contributed by atoms with Crippen LogP contribution < -0.4 is 16.2 Å². The van der Waals surface area contributed by atoms with Gasteiger partial charge in [0, 0.05) is 19.3 Å². The van der Waals surface area contributed by atoms with E-state index in [1.165, 1.54) is 23.9 Å². The third kappa shape index (κ3) is 3.40. The Balaban J connectivity index is 1.78. The Morgan fingerprint density at radius 3 is 2.79 bits per heavy atom. The van der Waals surface area contributed by atoms with E-state index >= 15 is 0 Å². The number of para-hydroxylation sites is 1. The fourth-order valence-corrected chi connectivity index (χ4v) is 3.20. The van der Waals surface area contributed by atoms with E-state index in [0.29, 0.717) is 0 Å². The van der Waals surface area contributed by atoms with E-state index in [4.69, 9.17) is 0 Å². The average molecular weight is 379 g/mol. The van der Waals surface area contributed by atoms with E-state index in [1.54, 1.807) is 0 Å². The quantitative estimate of drug-likeness (QED) is 0.621. The molecule has 1 fully saturated rings. The number of hydrogen-bond donors (Lipinski definition) is 3. The van der Waals surface area contributed by atoms with Crippen molar-refractivity contribution < 1.29 is 9.59 Å². The lowest BCUT2D eigenvalue weighted by Gasteiger charge is -2.12. The van der Waals surface area contributed by atoms with Crippen LogP contribution in [0.3, 0.4) is 0 Å². The molecule has 8 nitrogen and oxygen atoms in total. The zero-order chi connectivity index (χ0) is 19.8. The van der Waals surface area contributed by atoms with Crippen LogP contribution in [0.1, 0.15) is 44.9 Å². The number of H-pyrrole nitrogens is 1. The highest BCUT2D eigenvalue weighted by Gasteiger charge is 2.25. The van der Waals surface area contributed by atoms with Crippen molar-refractivity contribution in [2.45, 2.75) is 32.4 Å². The molecule has 0 aliphatic heterocycles. The van der Waals surface area contributed by atoms with Crippen LogP contribution in [0.4, 0.5) is 0 Å². The molecule has 28 heavy (non-hydrogen) atoms. The highest BCUT2D eigenvalue weighted by Crippen LogP contribution is 2.20. The Bertz CT molecular complexity index is 1140. The lowest BCUT2D eigenvalue weighted by atomic mass is 10.1. The zero-order valence-electron chi connectivity index (χ0n) is 15.7. The molecular weight excluding hydrogens is 358 g/mol. The van der Waals surface area contributed by atoms with E-state index in [9.17, 15) is 14.4 Å². The Kier molecular flexibility index (Phi) is 4.46. The molecule has 3 N–H and O–H groups in total. The second-order valence-electron chi connectivity index (χ2n) is 7.04. The fourth-order valence-electron chi connectivity index (χ4n) is 3.20. The molecule has 2 aromatic heterocycles. The summed E-state index contributed by atoms with van der Waals surface area (Å²) in [5.74, 6) is -0.0257. The van der Waals surface area contributed by atoms with Gasteiger partial charge >= 0.3 is 0 Å². The van der Waals surface area contributed by atoms with Crippen molar-refractivity contribution in [3.05, 3.63) is 63.3 Å². The van der Waals surface area contributed by atoms with Crippen molar-refractivity contribution in [1.29, 1.82) is 0 Å². The molecule has 144 valence electrons. The van der Waals surface area contributed by atoms with E-state index in [0.717, 1.165) is 35.3 Å². The standard InChI is InChI=1S/C20H21N5O3/c1-11-22-16-5-3-4-12(17(16)23-11)9-25-10-13(18(26)24-14-6-7-14)8-15(20(25)28)19(27)21-2/h3-5,8,10,14H,6-7,9H2,1-2H3,(H,21,27)(H,22,23)(H,24,26). The third-order valence-corrected chi connectivity index (χ3v) is 4.79. The Hall–Kier alpha value is -3.42. The molecule has 1 saturated carbocycles. The van der Waals surface area contributed by atoms with Crippen molar-refractivity contribution >= 4 is 22.8 Å². The first-order chi connectivity index (χ1) is 13.5. The molecule has 1 aliphatic rings. The number of fused-ring (bicyclic) bond motifs is 1. The van der Waals surface area contributed by atoms with Gasteiger partial charge in [-0.25, -0.2) is 4.98 Å². The summed E-state index contributed by atoms with van der Waals surface area (Å²) in [5.41, 5.74) is 2.24. The zero-order valence-corrected chi connectivity index (χ0v) is 15.7. The number of hydrogen-bond acceptors (Lipinski definition) is 4. The van der Waals surface area contributed by atoms with Gasteiger partial charge in [0.15, 0.2) is 0 Å². The maximum atomic E-state index is 12.9. The number of amides is 2. The molecule has 4 rings (SSSR count). The van der Waals surface area contributed by atoms with Gasteiger partial charge < -0.3 is 20.2 Å². The SMILES string of the molecule is CNC(=O)c1cc(C(=O)NC2CC2)cn(Cc2cccc3[nH]c(C)nc23)c1=O. The molecule has 0 radical (unpaired) electrons. The molecule has 2 amide bonds. The predicted molar refractivity (Wildman–Crippen MR) is 105 cm³/mol. The summed E-state index contributed by atoms with van der Waals surface area (Å²) in [4.78, 5) is 45.2. The van der Waals surface area contributed by atoms with Gasteiger partial charge in [0.05, 0.1) is 23.1 Å². The molecule has 0 spiro atoms. The summed E-state index contributed by atoms with van der Waals surface area (Å²) in [6.07, 6.45) is 3.41. The van der Waals surface area contributed by atoms with Gasteiger partial charge in [-0.05, 0) is 37.5 Å². The molecule has 1 aromatic carbocycles. The summed E-state index contributed by atoms with van der Waals surface area (Å²) < 4.78 is 1.39. The number of nitrogens with zero attached hydrogens (tertiary/aromatic N) is 2. The fraction of sp³-hybridized carbons (Fsp3) is 0.300. The monoisotopic (exact) mass is 379 g/mol. The first-order valence-corrected chi connectivity index (χ1v) is 9.18. The van der Waals surface area contributed by atoms with Gasteiger partial charge in [-0.15, -0.1) is 0 Å². The second-order valence-corrected chi connectivity index (χ2v) is 7.04. The van der Waals surface area contributed by atoms with Gasteiger partial charge in [-0.1, -0.05) is 12.1 Å². The van der Waals surface area contributed by atoms with E-state index in [-0.39, 0.29) is 29.6 Å². The molecule has 1 aliphatic carbocycles. The summed E-state index contributed by atoms with van der Waals surface area (Å²) in [5, 5.41) is 5.36. The van der Waals surface area contributed by atoms with Crippen LogP contribution in [-0.2, 0) is 6.54 Å². The van der Waals surface area contributed by atoms with Crippen molar-refractivity contribution in [3.63, 3.8) is 0 Å². The minimum atomic E-state index is -0.520. The number of carbonyl (C=O) groups excluding carboxylic acids is 2. The number of nitrogens with one attached hydrogen (secondary N) is 3. The van der Waals surface area contributed by atoms with Crippen LogP contribution >= 0.6 is 0 Å². The first-order valence-electron chi connectivity index (χ1n) is 9.18. The van der Waals surface area contributed by atoms with Crippen molar-refractivity contribution in [3.8, 4) is 0 Å². The Morgan fingerprint density at radius 1 is 1.29 bits per heavy atom. The number of benzene rings is 1. The molecular formula is C20H21N5O3.